The number of hydrogen-bond acceptors (Lipinski definition) is 4. The molecule has 0 aliphatic carbocycles. The Labute approximate surface area is 378 Å². The van der Waals surface area contributed by atoms with Gasteiger partial charge in [0.05, 0.1) is 13.2 Å². The minimum atomic E-state index is -0.567. The summed E-state index contributed by atoms with van der Waals surface area (Å²) in [4.78, 5) is 12.3. The summed E-state index contributed by atoms with van der Waals surface area (Å²) in [7, 11) is 0. The summed E-state index contributed by atoms with van der Waals surface area (Å²) in [6, 6.07) is 0. The molecule has 0 spiro atoms. The first kappa shape index (κ1) is 58.0. The summed E-state index contributed by atoms with van der Waals surface area (Å²) in [5.41, 5.74) is 0. The first-order chi connectivity index (χ1) is 30.2. The van der Waals surface area contributed by atoms with Crippen LogP contribution in [0.3, 0.4) is 0 Å². The van der Waals surface area contributed by atoms with E-state index in [1.807, 2.05) is 0 Å². The number of rotatable bonds is 46. The average molecular weight is 845 g/mol. The smallest absolute Gasteiger partial charge is 0.306 e. The fourth-order valence-electron chi connectivity index (χ4n) is 6.81. The van der Waals surface area contributed by atoms with Crippen LogP contribution in [0.1, 0.15) is 219 Å². The van der Waals surface area contributed by atoms with Gasteiger partial charge in [-0.15, -0.1) is 0 Å². The Morgan fingerprint density at radius 3 is 1.11 bits per heavy atom. The molecule has 0 aromatic carbocycles. The van der Waals surface area contributed by atoms with Crippen molar-refractivity contribution in [2.24, 2.45) is 0 Å². The Morgan fingerprint density at radius 2 is 0.738 bits per heavy atom. The SMILES string of the molecule is CC/C=C\C/C=C\C/C=C\C/C=C\C/C=C\C/C=C\C/C=C\CCCCOCC(CO)OC(=O)CCCCCCCCCCCCCCC/C=C\C/C=C\CCCCCCC. The highest BCUT2D eigenvalue weighted by molar-refractivity contribution is 5.69. The maximum absolute atomic E-state index is 12.3. The second-order valence-corrected chi connectivity index (χ2v) is 16.5. The standard InChI is InChI=1S/C57H96O4/c1-3-5-7-9-11-13-15-17-19-21-23-25-27-29-30-32-34-36-38-40-42-44-46-48-50-52-57(59)61-56(54-58)55-60-53-51-49-47-45-43-41-39-37-35-33-31-28-26-24-22-20-18-16-14-12-10-8-6-4-2/h6,8,12,14-15,17-18,20-21,23-24,26,31,33,37,39,43,45,56,58H,3-5,7,9-11,13,16,19,22,25,27-30,32,34-36,38,40-42,44,46-55H2,1-2H3/b8-6-,14-12-,17-15-,20-18-,23-21-,26-24-,33-31-,39-37-,45-43-. The molecule has 0 fully saturated rings. The van der Waals surface area contributed by atoms with Gasteiger partial charge in [-0.3, -0.25) is 4.79 Å². The average Bonchev–Trinajstić information content (AvgIpc) is 3.27. The Balaban J connectivity index is 3.53. The highest BCUT2D eigenvalue weighted by Crippen LogP contribution is 2.14. The first-order valence-electron chi connectivity index (χ1n) is 25.5. The van der Waals surface area contributed by atoms with E-state index in [9.17, 15) is 9.90 Å². The zero-order valence-corrected chi connectivity index (χ0v) is 39.9. The largest absolute Gasteiger partial charge is 0.457 e. The molecular formula is C57H96O4. The van der Waals surface area contributed by atoms with E-state index >= 15 is 0 Å². The third-order valence-electron chi connectivity index (χ3n) is 10.6. The van der Waals surface area contributed by atoms with Crippen LogP contribution in [0, 0.1) is 0 Å². The van der Waals surface area contributed by atoms with E-state index in [0.29, 0.717) is 13.0 Å². The number of allylic oxidation sites excluding steroid dienone is 18. The third-order valence-corrected chi connectivity index (χ3v) is 10.6. The highest BCUT2D eigenvalue weighted by atomic mass is 16.6. The summed E-state index contributed by atoms with van der Waals surface area (Å²) in [5.74, 6) is -0.220. The molecule has 0 radical (unpaired) electrons. The molecule has 1 N–H and O–H groups in total. The van der Waals surface area contributed by atoms with Gasteiger partial charge in [-0.05, 0) is 103 Å². The Morgan fingerprint density at radius 1 is 0.410 bits per heavy atom. The second-order valence-electron chi connectivity index (χ2n) is 16.5. The molecule has 0 aromatic rings. The molecule has 348 valence electrons. The molecule has 0 heterocycles. The summed E-state index contributed by atoms with van der Waals surface area (Å²) < 4.78 is 11.2. The summed E-state index contributed by atoms with van der Waals surface area (Å²) in [5, 5.41) is 9.65. The Kier molecular flexibility index (Phi) is 50.6. The zero-order valence-electron chi connectivity index (χ0n) is 39.9. The van der Waals surface area contributed by atoms with Crippen molar-refractivity contribution in [3.05, 3.63) is 109 Å². The van der Waals surface area contributed by atoms with Crippen molar-refractivity contribution < 1.29 is 19.4 Å². The normalized spacial score (nSPS) is 13.3. The van der Waals surface area contributed by atoms with Crippen LogP contribution in [0.4, 0.5) is 0 Å². The summed E-state index contributed by atoms with van der Waals surface area (Å²) >= 11 is 0. The maximum atomic E-state index is 12.3. The molecule has 1 atom stereocenters. The number of unbranched alkanes of at least 4 members (excludes halogenated alkanes) is 20. The predicted molar refractivity (Wildman–Crippen MR) is 269 cm³/mol. The van der Waals surface area contributed by atoms with Crippen molar-refractivity contribution >= 4 is 5.97 Å². The van der Waals surface area contributed by atoms with Crippen LogP contribution in [0.25, 0.3) is 0 Å². The molecule has 0 aliphatic heterocycles. The van der Waals surface area contributed by atoms with Crippen molar-refractivity contribution in [2.75, 3.05) is 19.8 Å². The molecule has 0 bridgehead atoms. The number of aliphatic hydroxyl groups is 1. The van der Waals surface area contributed by atoms with Gasteiger partial charge in [-0.2, -0.15) is 0 Å². The quantitative estimate of drug-likeness (QED) is 0.0377. The maximum Gasteiger partial charge on any atom is 0.306 e. The molecule has 0 aromatic heterocycles. The second kappa shape index (κ2) is 53.2. The monoisotopic (exact) mass is 845 g/mol. The third kappa shape index (κ3) is 51.3. The van der Waals surface area contributed by atoms with Gasteiger partial charge in [0, 0.05) is 13.0 Å². The van der Waals surface area contributed by atoms with E-state index in [2.05, 4.69) is 123 Å². The van der Waals surface area contributed by atoms with Crippen LogP contribution < -0.4 is 0 Å². The van der Waals surface area contributed by atoms with E-state index in [1.54, 1.807) is 0 Å². The Hall–Kier alpha value is -2.95. The van der Waals surface area contributed by atoms with Gasteiger partial charge in [-0.1, -0.05) is 220 Å². The minimum Gasteiger partial charge on any atom is -0.457 e. The zero-order chi connectivity index (χ0) is 44.0. The molecule has 0 saturated carbocycles. The van der Waals surface area contributed by atoms with Gasteiger partial charge < -0.3 is 14.6 Å². The molecular weight excluding hydrogens is 749 g/mol. The van der Waals surface area contributed by atoms with Crippen molar-refractivity contribution in [2.45, 2.75) is 225 Å². The molecule has 4 nitrogen and oxygen atoms in total. The molecule has 4 heteroatoms. The lowest BCUT2D eigenvalue weighted by Gasteiger charge is -2.15. The molecule has 0 rings (SSSR count). The summed E-state index contributed by atoms with van der Waals surface area (Å²) in [6.45, 7) is 5.12. The fraction of sp³-hybridized carbons (Fsp3) is 0.667. The molecule has 61 heavy (non-hydrogen) atoms. The van der Waals surface area contributed by atoms with E-state index in [4.69, 9.17) is 9.47 Å². The lowest BCUT2D eigenvalue weighted by molar-refractivity contribution is -0.154. The lowest BCUT2D eigenvalue weighted by atomic mass is 10.0. The molecule has 0 saturated heterocycles. The Bertz CT molecular complexity index is 1170. The van der Waals surface area contributed by atoms with Gasteiger partial charge in [0.2, 0.25) is 0 Å². The van der Waals surface area contributed by atoms with Crippen LogP contribution in [0.5, 0.6) is 0 Å². The first-order valence-corrected chi connectivity index (χ1v) is 25.5. The van der Waals surface area contributed by atoms with E-state index in [-0.39, 0.29) is 19.2 Å². The number of aliphatic hydroxyl groups excluding tert-OH is 1. The topological polar surface area (TPSA) is 55.8 Å². The number of hydrogen-bond donors (Lipinski definition) is 1. The summed E-state index contributed by atoms with van der Waals surface area (Å²) in [6.07, 6.45) is 77.5. The van der Waals surface area contributed by atoms with Crippen molar-refractivity contribution in [1.82, 2.24) is 0 Å². The van der Waals surface area contributed by atoms with Crippen molar-refractivity contribution in [1.29, 1.82) is 0 Å². The van der Waals surface area contributed by atoms with Gasteiger partial charge in [0.15, 0.2) is 0 Å². The van der Waals surface area contributed by atoms with Crippen LogP contribution in [-0.2, 0) is 14.3 Å². The highest BCUT2D eigenvalue weighted by Gasteiger charge is 2.13. The van der Waals surface area contributed by atoms with E-state index in [0.717, 1.165) is 83.5 Å². The molecule has 0 aliphatic rings. The minimum absolute atomic E-state index is 0.196. The number of carbonyl (C=O) groups is 1. The van der Waals surface area contributed by atoms with Crippen LogP contribution in [0.2, 0.25) is 0 Å². The number of esters is 1. The predicted octanol–water partition coefficient (Wildman–Crippen LogP) is 17.4. The van der Waals surface area contributed by atoms with E-state index < -0.39 is 6.10 Å². The molecule has 0 amide bonds. The number of ether oxygens (including phenoxy) is 2. The van der Waals surface area contributed by atoms with Gasteiger partial charge >= 0.3 is 5.97 Å². The van der Waals surface area contributed by atoms with Gasteiger partial charge in [-0.25, -0.2) is 0 Å². The van der Waals surface area contributed by atoms with E-state index in [1.165, 1.54) is 116 Å². The van der Waals surface area contributed by atoms with Crippen molar-refractivity contribution in [3.63, 3.8) is 0 Å². The lowest BCUT2D eigenvalue weighted by Crippen LogP contribution is -2.27. The van der Waals surface area contributed by atoms with Crippen LogP contribution in [-0.4, -0.2) is 37.0 Å². The van der Waals surface area contributed by atoms with Gasteiger partial charge in [0.25, 0.3) is 0 Å². The van der Waals surface area contributed by atoms with Crippen molar-refractivity contribution in [3.8, 4) is 0 Å². The van der Waals surface area contributed by atoms with Crippen LogP contribution >= 0.6 is 0 Å². The van der Waals surface area contributed by atoms with Gasteiger partial charge in [0.1, 0.15) is 6.10 Å². The fourth-order valence-corrected chi connectivity index (χ4v) is 6.81. The van der Waals surface area contributed by atoms with Crippen LogP contribution in [0.15, 0.2) is 109 Å². The molecule has 1 unspecified atom stereocenters. The number of carbonyl (C=O) groups excluding carboxylic acids is 1.